The smallest absolute Gasteiger partial charge is 0.338 e. The van der Waals surface area contributed by atoms with E-state index in [0.29, 0.717) is 17.4 Å². The maximum absolute atomic E-state index is 12.7. The van der Waals surface area contributed by atoms with E-state index in [1.54, 1.807) is 18.2 Å². The van der Waals surface area contributed by atoms with Crippen molar-refractivity contribution in [2.24, 2.45) is 17.3 Å². The number of carbonyl (C=O) groups is 2. The number of rotatable bonds is 2. The molecular formula is C19H20O3. The molecule has 0 aromatic heterocycles. The standard InChI is InChI=1S/C19H20O3/c20-16-10-9-13-11-15-7-4-8-17(19(15,16)12-13)22-18(21)14-5-2-1-3-6-14/h1-3,5-6,9-10,13,15,17H,4,7-8,11-12H2/t13?,15-,17-,19+/m0/s1. The number of carbonyl (C=O) groups excluding carboxylic acids is 2. The monoisotopic (exact) mass is 296 g/mol. The fourth-order valence-electron chi connectivity index (χ4n) is 4.76. The molecule has 3 heteroatoms. The van der Waals surface area contributed by atoms with E-state index < -0.39 is 5.41 Å². The van der Waals surface area contributed by atoms with Crippen LogP contribution < -0.4 is 0 Å². The quantitative estimate of drug-likeness (QED) is 0.784. The summed E-state index contributed by atoms with van der Waals surface area (Å²) in [4.78, 5) is 25.1. The topological polar surface area (TPSA) is 43.4 Å². The first-order chi connectivity index (χ1) is 10.7. The second-order valence-electron chi connectivity index (χ2n) is 6.85. The normalized spacial score (nSPS) is 36.0. The Morgan fingerprint density at radius 1 is 1.18 bits per heavy atom. The number of ether oxygens (including phenoxy) is 1. The predicted molar refractivity (Wildman–Crippen MR) is 82.3 cm³/mol. The van der Waals surface area contributed by atoms with Crippen LogP contribution in [0.15, 0.2) is 42.5 Å². The Hall–Kier alpha value is -1.90. The van der Waals surface area contributed by atoms with Crippen molar-refractivity contribution in [2.45, 2.75) is 38.2 Å². The number of fused-ring (bicyclic) bond motifs is 1. The molecular weight excluding hydrogens is 276 g/mol. The van der Waals surface area contributed by atoms with E-state index in [4.69, 9.17) is 4.74 Å². The molecule has 3 aliphatic carbocycles. The van der Waals surface area contributed by atoms with Crippen LogP contribution in [0.5, 0.6) is 0 Å². The molecule has 0 aliphatic heterocycles. The maximum atomic E-state index is 12.7. The summed E-state index contributed by atoms with van der Waals surface area (Å²) in [5.74, 6) is 0.740. The summed E-state index contributed by atoms with van der Waals surface area (Å²) in [6.07, 6.45) is 8.40. The summed E-state index contributed by atoms with van der Waals surface area (Å²) >= 11 is 0. The summed E-state index contributed by atoms with van der Waals surface area (Å²) in [5.41, 5.74) is 0.122. The van der Waals surface area contributed by atoms with Gasteiger partial charge in [0.05, 0.1) is 11.0 Å². The highest BCUT2D eigenvalue weighted by Gasteiger charge is 2.59. The third kappa shape index (κ3) is 1.95. The van der Waals surface area contributed by atoms with Crippen molar-refractivity contribution in [1.29, 1.82) is 0 Å². The molecule has 0 radical (unpaired) electrons. The summed E-state index contributed by atoms with van der Waals surface area (Å²) in [5, 5.41) is 0. The molecule has 1 aromatic rings. The zero-order chi connectivity index (χ0) is 15.2. The van der Waals surface area contributed by atoms with Crippen LogP contribution in [0.25, 0.3) is 0 Å². The van der Waals surface area contributed by atoms with Crippen molar-refractivity contribution in [3.63, 3.8) is 0 Å². The van der Waals surface area contributed by atoms with Crippen molar-refractivity contribution < 1.29 is 14.3 Å². The van der Waals surface area contributed by atoms with Crippen LogP contribution in [0.4, 0.5) is 0 Å². The summed E-state index contributed by atoms with van der Waals surface area (Å²) in [7, 11) is 0. The number of ketones is 1. The van der Waals surface area contributed by atoms with Crippen LogP contribution in [0.2, 0.25) is 0 Å². The van der Waals surface area contributed by atoms with Gasteiger partial charge < -0.3 is 4.74 Å². The number of benzene rings is 1. The minimum absolute atomic E-state index is 0.178. The molecule has 3 aliphatic rings. The first-order valence-electron chi connectivity index (χ1n) is 8.19. The second-order valence-corrected chi connectivity index (χ2v) is 6.85. The number of hydrogen-bond acceptors (Lipinski definition) is 3. The van der Waals surface area contributed by atoms with Crippen LogP contribution in [0.1, 0.15) is 42.5 Å². The summed E-state index contributed by atoms with van der Waals surface area (Å²) < 4.78 is 5.84. The van der Waals surface area contributed by atoms with Gasteiger partial charge in [-0.1, -0.05) is 24.3 Å². The molecule has 1 spiro atoms. The van der Waals surface area contributed by atoms with Gasteiger partial charge in [-0.25, -0.2) is 4.79 Å². The average Bonchev–Trinajstić information content (AvgIpc) is 2.88. The maximum Gasteiger partial charge on any atom is 0.338 e. The molecule has 0 saturated heterocycles. The van der Waals surface area contributed by atoms with Gasteiger partial charge >= 0.3 is 5.97 Å². The average molecular weight is 296 g/mol. The van der Waals surface area contributed by atoms with Crippen LogP contribution in [-0.4, -0.2) is 17.9 Å². The minimum Gasteiger partial charge on any atom is -0.458 e. The SMILES string of the molecule is O=C(O[C@H]1CCC[C@H]2CC3C=CC(=O)[C@@]21C3)c1ccccc1. The van der Waals surface area contributed by atoms with Crippen molar-refractivity contribution in [3.05, 3.63) is 48.0 Å². The van der Waals surface area contributed by atoms with Gasteiger partial charge in [-0.15, -0.1) is 0 Å². The van der Waals surface area contributed by atoms with Crippen LogP contribution in [0.3, 0.4) is 0 Å². The molecule has 0 amide bonds. The third-order valence-corrected chi connectivity index (χ3v) is 5.75. The Kier molecular flexibility index (Phi) is 3.17. The summed E-state index contributed by atoms with van der Waals surface area (Å²) in [6.45, 7) is 0. The molecule has 0 N–H and O–H groups in total. The first kappa shape index (κ1) is 13.7. The van der Waals surface area contributed by atoms with Crippen LogP contribution in [0, 0.1) is 17.3 Å². The van der Waals surface area contributed by atoms with Gasteiger partial charge in [0.15, 0.2) is 5.78 Å². The van der Waals surface area contributed by atoms with Gasteiger partial charge in [-0.3, -0.25) is 4.79 Å². The zero-order valence-electron chi connectivity index (χ0n) is 12.5. The molecule has 1 aromatic carbocycles. The highest BCUT2D eigenvalue weighted by atomic mass is 16.5. The number of allylic oxidation sites excluding steroid dienone is 2. The van der Waals surface area contributed by atoms with E-state index in [1.807, 2.05) is 18.2 Å². The van der Waals surface area contributed by atoms with Crippen molar-refractivity contribution in [1.82, 2.24) is 0 Å². The van der Waals surface area contributed by atoms with Crippen LogP contribution in [-0.2, 0) is 9.53 Å². The molecule has 3 nitrogen and oxygen atoms in total. The largest absolute Gasteiger partial charge is 0.458 e. The number of hydrogen-bond donors (Lipinski definition) is 0. The lowest BCUT2D eigenvalue weighted by Gasteiger charge is -2.44. The Balaban J connectivity index is 1.62. The Labute approximate surface area is 130 Å². The first-order valence-corrected chi connectivity index (χ1v) is 8.19. The minimum atomic E-state index is -0.442. The van der Waals surface area contributed by atoms with Crippen molar-refractivity contribution in [3.8, 4) is 0 Å². The van der Waals surface area contributed by atoms with Crippen molar-refractivity contribution in [2.75, 3.05) is 0 Å². The Morgan fingerprint density at radius 2 is 2.00 bits per heavy atom. The lowest BCUT2D eigenvalue weighted by atomic mass is 9.63. The second kappa shape index (κ2) is 5.08. The van der Waals surface area contributed by atoms with Gasteiger partial charge in [0.2, 0.25) is 0 Å². The highest BCUT2D eigenvalue weighted by Crippen LogP contribution is 2.58. The molecule has 2 saturated carbocycles. The molecule has 0 heterocycles. The lowest BCUT2D eigenvalue weighted by Crippen LogP contribution is -2.50. The van der Waals surface area contributed by atoms with Gasteiger partial charge in [0, 0.05) is 0 Å². The van der Waals surface area contributed by atoms with E-state index in [0.717, 1.165) is 32.1 Å². The lowest BCUT2D eigenvalue weighted by molar-refractivity contribution is -0.139. The van der Waals surface area contributed by atoms with E-state index in [-0.39, 0.29) is 17.9 Å². The van der Waals surface area contributed by atoms with E-state index >= 15 is 0 Å². The molecule has 2 fully saturated rings. The fraction of sp³-hybridized carbons (Fsp3) is 0.474. The third-order valence-electron chi connectivity index (χ3n) is 5.75. The van der Waals surface area contributed by atoms with Gasteiger partial charge in [-0.05, 0) is 62.1 Å². The molecule has 1 unspecified atom stereocenters. The van der Waals surface area contributed by atoms with E-state index in [1.165, 1.54) is 0 Å². The zero-order valence-corrected chi connectivity index (χ0v) is 12.5. The Morgan fingerprint density at radius 3 is 2.82 bits per heavy atom. The molecule has 114 valence electrons. The van der Waals surface area contributed by atoms with Crippen molar-refractivity contribution >= 4 is 11.8 Å². The van der Waals surface area contributed by atoms with E-state index in [2.05, 4.69) is 6.08 Å². The molecule has 22 heavy (non-hydrogen) atoms. The van der Waals surface area contributed by atoms with E-state index in [9.17, 15) is 9.59 Å². The molecule has 4 atom stereocenters. The van der Waals surface area contributed by atoms with Gasteiger partial charge in [0.25, 0.3) is 0 Å². The van der Waals surface area contributed by atoms with Gasteiger partial charge in [0.1, 0.15) is 6.10 Å². The molecule has 2 bridgehead atoms. The predicted octanol–water partition coefficient (Wildman–Crippen LogP) is 3.55. The molecule has 4 rings (SSSR count). The number of esters is 1. The van der Waals surface area contributed by atoms with Crippen LogP contribution >= 0.6 is 0 Å². The highest BCUT2D eigenvalue weighted by molar-refractivity contribution is 5.98. The van der Waals surface area contributed by atoms with Gasteiger partial charge in [-0.2, -0.15) is 0 Å². The Bertz CT molecular complexity index is 633. The fourth-order valence-corrected chi connectivity index (χ4v) is 4.76. The summed E-state index contributed by atoms with van der Waals surface area (Å²) in [6, 6.07) is 9.07.